The van der Waals surface area contributed by atoms with Gasteiger partial charge in [0.1, 0.15) is 18.1 Å². The lowest BCUT2D eigenvalue weighted by molar-refractivity contribution is -0.126. The van der Waals surface area contributed by atoms with Crippen molar-refractivity contribution in [3.63, 3.8) is 0 Å². The van der Waals surface area contributed by atoms with E-state index < -0.39 is 21.3 Å². The Kier molecular flexibility index (Phi) is 7.86. The second-order valence-electron chi connectivity index (χ2n) is 12.0. The summed E-state index contributed by atoms with van der Waals surface area (Å²) >= 11 is 0. The topological polar surface area (TPSA) is 136 Å². The second-order valence-corrected chi connectivity index (χ2v) is 13.7. The van der Waals surface area contributed by atoms with Crippen LogP contribution < -0.4 is 24.4 Å². The first-order chi connectivity index (χ1) is 21.4. The van der Waals surface area contributed by atoms with Crippen molar-refractivity contribution < 1.29 is 27.1 Å². The number of likely N-dealkylation sites (N-methyl/N-ethyl adjacent to an activating group) is 1. The van der Waals surface area contributed by atoms with Crippen LogP contribution in [0.3, 0.4) is 0 Å². The third-order valence-corrected chi connectivity index (χ3v) is 9.06. The number of fused-ring (bicyclic) bond motifs is 4. The Bertz CT molecular complexity index is 1910. The number of nitrogens with zero attached hydrogens (tertiary/aromatic N) is 4. The van der Waals surface area contributed by atoms with Gasteiger partial charge in [0.2, 0.25) is 27.7 Å². The fourth-order valence-corrected chi connectivity index (χ4v) is 6.93. The molecule has 45 heavy (non-hydrogen) atoms. The zero-order valence-electron chi connectivity index (χ0n) is 25.7. The first-order valence-corrected chi connectivity index (χ1v) is 16.5. The molecule has 0 atom stereocenters. The Morgan fingerprint density at radius 1 is 1.13 bits per heavy atom. The highest BCUT2D eigenvalue weighted by atomic mass is 32.2. The molecule has 4 heterocycles. The molecular formula is C32H35FN6O5S. The zero-order chi connectivity index (χ0) is 32.1. The number of hydrogen-bond acceptors (Lipinski definition) is 9. The Morgan fingerprint density at radius 3 is 2.62 bits per heavy atom. The Morgan fingerprint density at radius 2 is 1.91 bits per heavy atom. The number of sulfonamides is 1. The van der Waals surface area contributed by atoms with E-state index in [2.05, 4.69) is 25.0 Å². The van der Waals surface area contributed by atoms with Crippen LogP contribution in [0.4, 0.5) is 15.8 Å². The largest absolute Gasteiger partial charge is 0.481 e. The summed E-state index contributed by atoms with van der Waals surface area (Å²) in [5.41, 5.74) is 2.81. The summed E-state index contributed by atoms with van der Waals surface area (Å²) in [6.45, 7) is 4.79. The number of anilines is 2. The maximum Gasteiger partial charge on any atom is 0.238 e. The van der Waals surface area contributed by atoms with E-state index in [-0.39, 0.29) is 41.6 Å². The number of methoxy groups -OCH3 is 1. The zero-order valence-corrected chi connectivity index (χ0v) is 26.5. The first kappa shape index (κ1) is 30.7. The summed E-state index contributed by atoms with van der Waals surface area (Å²) in [6.07, 6.45) is 6.94. The molecule has 1 spiro atoms. The maximum absolute atomic E-state index is 15.7. The van der Waals surface area contributed by atoms with E-state index in [0.717, 1.165) is 17.4 Å². The van der Waals surface area contributed by atoms with E-state index in [4.69, 9.17) is 9.47 Å². The average molecular weight is 635 g/mol. The molecular weight excluding hydrogens is 599 g/mol. The van der Waals surface area contributed by atoms with Gasteiger partial charge < -0.3 is 19.7 Å². The van der Waals surface area contributed by atoms with Crippen LogP contribution in [0.15, 0.2) is 48.9 Å². The van der Waals surface area contributed by atoms with Crippen molar-refractivity contribution in [1.82, 2.24) is 20.3 Å². The fourth-order valence-electron chi connectivity index (χ4n) is 6.39. The lowest BCUT2D eigenvalue weighted by Crippen LogP contribution is -2.47. The van der Waals surface area contributed by atoms with Gasteiger partial charge in [-0.25, -0.2) is 22.8 Å². The molecule has 0 saturated heterocycles. The summed E-state index contributed by atoms with van der Waals surface area (Å²) in [5, 5.41) is 3.88. The third kappa shape index (κ3) is 5.66. The van der Waals surface area contributed by atoms with Crippen LogP contribution >= 0.6 is 0 Å². The SMILES string of the molecule is COc1cc([C@H]2C[C@]3(C2)C(=O)N(C)c2cnc4cc(F)c(-c5cnc(OCCNC(C)C)c(NS(C)(=O)=O)c5)cc4c23)ccn1. The molecule has 2 aliphatic rings. The minimum atomic E-state index is -3.70. The van der Waals surface area contributed by atoms with Crippen LogP contribution in [-0.2, 0) is 20.2 Å². The number of pyridine rings is 3. The Labute approximate surface area is 261 Å². The molecule has 1 aliphatic heterocycles. The van der Waals surface area contributed by atoms with Gasteiger partial charge >= 0.3 is 0 Å². The van der Waals surface area contributed by atoms with Crippen molar-refractivity contribution in [2.75, 3.05) is 43.2 Å². The van der Waals surface area contributed by atoms with E-state index in [1.54, 1.807) is 37.5 Å². The molecule has 1 fully saturated rings. The van der Waals surface area contributed by atoms with Crippen LogP contribution in [0.25, 0.3) is 22.0 Å². The summed E-state index contributed by atoms with van der Waals surface area (Å²) in [7, 11) is -0.393. The van der Waals surface area contributed by atoms with Gasteiger partial charge in [-0.2, -0.15) is 0 Å². The van der Waals surface area contributed by atoms with E-state index in [1.165, 1.54) is 18.3 Å². The number of carbonyl (C=O) groups excluding carboxylic acids is 1. The van der Waals surface area contributed by atoms with Crippen LogP contribution in [0, 0.1) is 5.82 Å². The third-order valence-electron chi connectivity index (χ3n) is 8.47. The Hall–Kier alpha value is -4.36. The van der Waals surface area contributed by atoms with Crippen molar-refractivity contribution in [1.29, 1.82) is 0 Å². The van der Waals surface area contributed by atoms with Crippen LogP contribution in [0.1, 0.15) is 43.7 Å². The maximum atomic E-state index is 15.7. The number of halogens is 1. The molecule has 1 saturated carbocycles. The number of benzene rings is 1. The second kappa shape index (κ2) is 11.5. The average Bonchev–Trinajstić information content (AvgIpc) is 3.20. The summed E-state index contributed by atoms with van der Waals surface area (Å²) in [5.74, 6) is 0.132. The van der Waals surface area contributed by atoms with Crippen molar-refractivity contribution >= 4 is 38.2 Å². The molecule has 6 rings (SSSR count). The van der Waals surface area contributed by atoms with E-state index in [9.17, 15) is 13.2 Å². The van der Waals surface area contributed by atoms with Crippen molar-refractivity contribution in [3.8, 4) is 22.9 Å². The Balaban J connectivity index is 1.40. The minimum Gasteiger partial charge on any atom is -0.481 e. The lowest BCUT2D eigenvalue weighted by Gasteiger charge is -2.44. The van der Waals surface area contributed by atoms with Crippen molar-refractivity contribution in [2.45, 2.75) is 44.1 Å². The molecule has 0 unspecified atom stereocenters. The highest BCUT2D eigenvalue weighted by molar-refractivity contribution is 7.92. The summed E-state index contributed by atoms with van der Waals surface area (Å²) < 4.78 is 53.6. The predicted octanol–water partition coefficient (Wildman–Crippen LogP) is 4.38. The molecule has 2 N–H and O–H groups in total. The molecule has 1 aliphatic carbocycles. The van der Waals surface area contributed by atoms with Gasteiger partial charge in [0.05, 0.1) is 36.2 Å². The van der Waals surface area contributed by atoms with Gasteiger partial charge in [-0.05, 0) is 42.5 Å². The summed E-state index contributed by atoms with van der Waals surface area (Å²) in [4.78, 5) is 28.5. The molecule has 13 heteroatoms. The van der Waals surface area contributed by atoms with E-state index in [1.807, 2.05) is 26.0 Å². The minimum absolute atomic E-state index is 0.0234. The van der Waals surface area contributed by atoms with Crippen molar-refractivity contribution in [2.24, 2.45) is 0 Å². The molecule has 11 nitrogen and oxygen atoms in total. The predicted molar refractivity (Wildman–Crippen MR) is 170 cm³/mol. The highest BCUT2D eigenvalue weighted by Gasteiger charge is 2.58. The molecule has 4 aromatic rings. The molecule has 1 amide bonds. The molecule has 0 bridgehead atoms. The van der Waals surface area contributed by atoms with E-state index >= 15 is 4.39 Å². The summed E-state index contributed by atoms with van der Waals surface area (Å²) in [6, 6.07) is 8.61. The fraction of sp³-hybridized carbons (Fsp3) is 0.375. The van der Waals surface area contributed by atoms with Gasteiger partial charge in [0.25, 0.3) is 0 Å². The number of rotatable bonds is 10. The number of amides is 1. The van der Waals surface area contributed by atoms with Gasteiger partial charge in [0, 0.05) is 66.2 Å². The number of carbonyl (C=O) groups is 1. The quantitative estimate of drug-likeness (QED) is 0.244. The van der Waals surface area contributed by atoms with Crippen LogP contribution in [0.2, 0.25) is 0 Å². The smallest absolute Gasteiger partial charge is 0.238 e. The molecule has 1 aromatic carbocycles. The highest BCUT2D eigenvalue weighted by Crippen LogP contribution is 2.60. The van der Waals surface area contributed by atoms with Crippen molar-refractivity contribution in [3.05, 3.63) is 65.9 Å². The monoisotopic (exact) mass is 634 g/mol. The lowest BCUT2D eigenvalue weighted by atomic mass is 9.57. The van der Waals surface area contributed by atoms with Crippen LogP contribution in [0.5, 0.6) is 11.8 Å². The van der Waals surface area contributed by atoms with Gasteiger partial charge in [-0.3, -0.25) is 14.5 Å². The molecule has 236 valence electrons. The number of aromatic nitrogens is 3. The van der Waals surface area contributed by atoms with E-state index in [0.29, 0.717) is 47.4 Å². The number of hydrogen-bond donors (Lipinski definition) is 2. The van der Waals surface area contributed by atoms with Gasteiger partial charge in [-0.1, -0.05) is 13.8 Å². The normalized spacial score (nSPS) is 19.2. The molecule has 3 aromatic heterocycles. The molecule has 0 radical (unpaired) electrons. The number of ether oxygens (including phenoxy) is 2. The van der Waals surface area contributed by atoms with Gasteiger partial charge in [0.15, 0.2) is 0 Å². The van der Waals surface area contributed by atoms with Gasteiger partial charge in [-0.15, -0.1) is 0 Å². The van der Waals surface area contributed by atoms with Crippen LogP contribution in [-0.4, -0.2) is 68.9 Å². The first-order valence-electron chi connectivity index (χ1n) is 14.7. The standard InChI is InChI=1S/C32H35FN6O5S/c1-18(2)34-8-9-44-30-26(38-45(5,41)42)10-20(16-37-30)22-12-23-25(13-24(22)33)36-17-27-29(23)32(31(40)39(27)3)14-21(15-32)19-6-7-35-28(11-19)43-4/h6-7,10-13,16-18,21,34,38H,8-9,14-15H2,1-5H3/t21-,32+. The number of nitrogens with one attached hydrogen (secondary N) is 2.